The first-order valence-corrected chi connectivity index (χ1v) is 6.78. The van der Waals surface area contributed by atoms with E-state index in [-0.39, 0.29) is 0 Å². The molecule has 1 unspecified atom stereocenters. The van der Waals surface area contributed by atoms with E-state index in [2.05, 4.69) is 4.98 Å². The molecule has 0 radical (unpaired) electrons. The fraction of sp³-hybridized carbons (Fsp3) is 0.308. The summed E-state index contributed by atoms with van der Waals surface area (Å²) in [6.45, 7) is 1.94. The summed E-state index contributed by atoms with van der Waals surface area (Å²) in [6, 6.07) is 5.22. The summed E-state index contributed by atoms with van der Waals surface area (Å²) in [5, 5.41) is 13.8. The average Bonchev–Trinajstić information content (AvgIpc) is 2.74. The summed E-state index contributed by atoms with van der Waals surface area (Å²) < 4.78 is 5.23. The molecule has 0 spiro atoms. The summed E-state index contributed by atoms with van der Waals surface area (Å²) in [7, 11) is 1.58. The number of halogens is 1. The van der Waals surface area contributed by atoms with E-state index in [0.29, 0.717) is 22.8 Å². The van der Waals surface area contributed by atoms with Crippen molar-refractivity contribution in [3.63, 3.8) is 0 Å². The number of benzene rings is 1. The van der Waals surface area contributed by atoms with Crippen LogP contribution >= 0.6 is 22.9 Å². The van der Waals surface area contributed by atoms with Crippen molar-refractivity contribution in [1.82, 2.24) is 4.98 Å². The maximum atomic E-state index is 10.2. The van der Waals surface area contributed by atoms with Crippen LogP contribution in [0.3, 0.4) is 0 Å². The molecule has 0 bridgehead atoms. The number of rotatable bonds is 4. The van der Waals surface area contributed by atoms with E-state index in [1.807, 2.05) is 12.3 Å². The first kappa shape index (κ1) is 13.3. The molecule has 0 saturated heterocycles. The SMILES string of the molecule is COc1ccc(Cl)cc1C(O)Cc1csc(C)n1. The molecule has 3 nitrogen and oxygen atoms in total. The van der Waals surface area contributed by atoms with Crippen LogP contribution in [0.15, 0.2) is 23.6 Å². The van der Waals surface area contributed by atoms with E-state index in [9.17, 15) is 5.11 Å². The number of ether oxygens (including phenoxy) is 1. The zero-order chi connectivity index (χ0) is 13.1. The highest BCUT2D eigenvalue weighted by Crippen LogP contribution is 2.30. The van der Waals surface area contributed by atoms with Crippen LogP contribution in [0.5, 0.6) is 5.75 Å². The number of nitrogens with zero attached hydrogens (tertiary/aromatic N) is 1. The Balaban J connectivity index is 2.22. The lowest BCUT2D eigenvalue weighted by Crippen LogP contribution is -2.04. The van der Waals surface area contributed by atoms with Crippen LogP contribution in [0.1, 0.15) is 22.4 Å². The Kier molecular flexibility index (Phi) is 4.22. The number of aromatic nitrogens is 1. The van der Waals surface area contributed by atoms with Gasteiger partial charge >= 0.3 is 0 Å². The number of thiazole rings is 1. The molecular formula is C13H14ClNO2S. The molecule has 0 fully saturated rings. The van der Waals surface area contributed by atoms with Crippen LogP contribution in [0.2, 0.25) is 5.02 Å². The second-order valence-corrected chi connectivity index (χ2v) is 5.46. The van der Waals surface area contributed by atoms with Crippen molar-refractivity contribution in [2.45, 2.75) is 19.4 Å². The predicted octanol–water partition coefficient (Wildman–Crippen LogP) is 3.39. The van der Waals surface area contributed by atoms with Gasteiger partial charge in [0.05, 0.1) is 23.9 Å². The van der Waals surface area contributed by atoms with Gasteiger partial charge in [0.15, 0.2) is 0 Å². The zero-order valence-electron chi connectivity index (χ0n) is 10.2. The minimum atomic E-state index is -0.667. The zero-order valence-corrected chi connectivity index (χ0v) is 11.8. The Morgan fingerprint density at radius 1 is 1.50 bits per heavy atom. The maximum Gasteiger partial charge on any atom is 0.124 e. The number of hydrogen-bond donors (Lipinski definition) is 1. The number of hydrogen-bond acceptors (Lipinski definition) is 4. The normalized spacial score (nSPS) is 12.4. The molecule has 2 rings (SSSR count). The summed E-state index contributed by atoms with van der Waals surface area (Å²) >= 11 is 7.52. The molecule has 0 aliphatic rings. The van der Waals surface area contributed by atoms with Gasteiger partial charge in [0.25, 0.3) is 0 Å². The van der Waals surface area contributed by atoms with Crippen LogP contribution in [0.4, 0.5) is 0 Å². The average molecular weight is 284 g/mol. The number of aliphatic hydroxyl groups is 1. The third-order valence-corrected chi connectivity index (χ3v) is 3.68. The number of aryl methyl sites for hydroxylation is 1. The predicted molar refractivity (Wildman–Crippen MR) is 73.5 cm³/mol. The van der Waals surface area contributed by atoms with Crippen LogP contribution in [-0.4, -0.2) is 17.2 Å². The maximum absolute atomic E-state index is 10.2. The van der Waals surface area contributed by atoms with Crippen molar-refractivity contribution in [1.29, 1.82) is 0 Å². The standard InChI is InChI=1S/C13H14ClNO2S/c1-8-15-10(7-18-8)6-12(16)11-5-9(14)3-4-13(11)17-2/h3-5,7,12,16H,6H2,1-2H3. The van der Waals surface area contributed by atoms with E-state index in [1.165, 1.54) is 0 Å². The Morgan fingerprint density at radius 2 is 2.28 bits per heavy atom. The monoisotopic (exact) mass is 283 g/mol. The van der Waals surface area contributed by atoms with Crippen molar-refractivity contribution < 1.29 is 9.84 Å². The number of aliphatic hydroxyl groups excluding tert-OH is 1. The molecule has 96 valence electrons. The fourth-order valence-electron chi connectivity index (χ4n) is 1.78. The highest BCUT2D eigenvalue weighted by molar-refractivity contribution is 7.09. The van der Waals surface area contributed by atoms with Crippen LogP contribution in [-0.2, 0) is 6.42 Å². The van der Waals surface area contributed by atoms with E-state index >= 15 is 0 Å². The highest BCUT2D eigenvalue weighted by Gasteiger charge is 2.15. The molecule has 0 amide bonds. The van der Waals surface area contributed by atoms with Crippen molar-refractivity contribution in [3.8, 4) is 5.75 Å². The van der Waals surface area contributed by atoms with Gasteiger partial charge < -0.3 is 9.84 Å². The second-order valence-electron chi connectivity index (χ2n) is 3.96. The van der Waals surface area contributed by atoms with Gasteiger partial charge in [-0.3, -0.25) is 0 Å². The molecule has 18 heavy (non-hydrogen) atoms. The van der Waals surface area contributed by atoms with E-state index < -0.39 is 6.10 Å². The van der Waals surface area contributed by atoms with Gasteiger partial charge in [0, 0.05) is 22.4 Å². The van der Waals surface area contributed by atoms with Crippen molar-refractivity contribution in [2.75, 3.05) is 7.11 Å². The molecule has 2 aromatic rings. The minimum Gasteiger partial charge on any atom is -0.496 e. The Labute approximate surface area is 115 Å². The van der Waals surface area contributed by atoms with Gasteiger partial charge in [-0.25, -0.2) is 4.98 Å². The van der Waals surface area contributed by atoms with Crippen molar-refractivity contribution in [3.05, 3.63) is 44.9 Å². The van der Waals surface area contributed by atoms with Gasteiger partial charge in [-0.05, 0) is 25.1 Å². The first-order valence-electron chi connectivity index (χ1n) is 5.52. The summed E-state index contributed by atoms with van der Waals surface area (Å²) in [5.41, 5.74) is 1.57. The molecule has 1 aromatic heterocycles. The third kappa shape index (κ3) is 3.02. The second kappa shape index (κ2) is 5.69. The van der Waals surface area contributed by atoms with E-state index in [0.717, 1.165) is 10.7 Å². The Bertz CT molecular complexity index is 542. The lowest BCUT2D eigenvalue weighted by molar-refractivity contribution is 0.173. The van der Waals surface area contributed by atoms with Crippen LogP contribution in [0.25, 0.3) is 0 Å². The molecule has 1 aromatic carbocycles. The molecule has 5 heteroatoms. The molecule has 0 saturated carbocycles. The first-order chi connectivity index (χ1) is 8.60. The lowest BCUT2D eigenvalue weighted by atomic mass is 10.0. The molecule has 1 atom stereocenters. The van der Waals surface area contributed by atoms with Gasteiger partial charge in [-0.1, -0.05) is 11.6 Å². The largest absolute Gasteiger partial charge is 0.496 e. The van der Waals surface area contributed by atoms with Gasteiger partial charge in [-0.15, -0.1) is 11.3 Å². The lowest BCUT2D eigenvalue weighted by Gasteiger charge is -2.14. The Morgan fingerprint density at radius 3 is 2.89 bits per heavy atom. The quantitative estimate of drug-likeness (QED) is 0.935. The summed E-state index contributed by atoms with van der Waals surface area (Å²) in [5.74, 6) is 0.638. The molecule has 0 aliphatic heterocycles. The topological polar surface area (TPSA) is 42.4 Å². The molecule has 1 N–H and O–H groups in total. The van der Waals surface area contributed by atoms with E-state index in [4.69, 9.17) is 16.3 Å². The van der Waals surface area contributed by atoms with Crippen molar-refractivity contribution in [2.24, 2.45) is 0 Å². The van der Waals surface area contributed by atoms with Gasteiger partial charge in [0.1, 0.15) is 5.75 Å². The molecular weight excluding hydrogens is 270 g/mol. The molecule has 1 heterocycles. The molecule has 0 aliphatic carbocycles. The van der Waals surface area contributed by atoms with Gasteiger partial charge in [0.2, 0.25) is 0 Å². The smallest absolute Gasteiger partial charge is 0.124 e. The summed E-state index contributed by atoms with van der Waals surface area (Å²) in [4.78, 5) is 4.34. The third-order valence-electron chi connectivity index (χ3n) is 2.62. The van der Waals surface area contributed by atoms with Crippen LogP contribution < -0.4 is 4.74 Å². The fourth-order valence-corrected chi connectivity index (χ4v) is 2.58. The summed E-state index contributed by atoms with van der Waals surface area (Å²) in [6.07, 6.45) is -0.207. The minimum absolute atomic E-state index is 0.459. The number of methoxy groups -OCH3 is 1. The van der Waals surface area contributed by atoms with Gasteiger partial charge in [-0.2, -0.15) is 0 Å². The van der Waals surface area contributed by atoms with Crippen LogP contribution in [0, 0.1) is 6.92 Å². The highest BCUT2D eigenvalue weighted by atomic mass is 35.5. The van der Waals surface area contributed by atoms with Crippen molar-refractivity contribution >= 4 is 22.9 Å². The van der Waals surface area contributed by atoms with E-state index in [1.54, 1.807) is 36.6 Å². The Hall–Kier alpha value is -1.10.